The monoisotopic (exact) mass is 463 g/mol. The molecular weight excluding hydrogens is 437 g/mol. The highest BCUT2D eigenvalue weighted by Gasteiger charge is 2.06. The van der Waals surface area contributed by atoms with E-state index in [4.69, 9.17) is 0 Å². The normalized spacial score (nSPS) is 11.5. The van der Waals surface area contributed by atoms with E-state index in [1.54, 1.807) is 24.7 Å². The Labute approximate surface area is 164 Å². The largest absolute Gasteiger partial charge is 0.355 e. The number of hydrogen-bond acceptors (Lipinski definition) is 5. The smallest absolute Gasteiger partial charge is 0.191 e. The van der Waals surface area contributed by atoms with Crippen LogP contribution in [-0.4, -0.2) is 39.3 Å². The summed E-state index contributed by atoms with van der Waals surface area (Å²) in [5, 5.41) is 17.8. The van der Waals surface area contributed by atoms with Gasteiger partial charge in [-0.25, -0.2) is 4.98 Å². The molecule has 2 aromatic heterocycles. The predicted molar refractivity (Wildman–Crippen MR) is 109 cm³/mol. The molecule has 2 N–H and O–H groups in total. The molecule has 0 spiro atoms. The molecule has 9 heteroatoms. The first-order chi connectivity index (χ1) is 11.1. The predicted octanol–water partition coefficient (Wildman–Crippen LogP) is 2.40. The molecule has 2 aromatic rings. The molecule has 0 aliphatic carbocycles. The molecule has 0 radical (unpaired) electrons. The number of thiazole rings is 1. The van der Waals surface area contributed by atoms with Crippen LogP contribution < -0.4 is 10.6 Å². The Kier molecular flexibility index (Phi) is 9.19. The number of rotatable bonds is 7. The summed E-state index contributed by atoms with van der Waals surface area (Å²) < 4.78 is 2.05. The zero-order valence-electron chi connectivity index (χ0n) is 14.6. The fraction of sp³-hybridized carbons (Fsp3) is 0.600. The first kappa shape index (κ1) is 20.8. The topological polar surface area (TPSA) is 80.0 Å². The van der Waals surface area contributed by atoms with Crippen LogP contribution in [0.3, 0.4) is 0 Å². The Morgan fingerprint density at radius 3 is 2.79 bits per heavy atom. The van der Waals surface area contributed by atoms with Gasteiger partial charge in [0.25, 0.3) is 0 Å². The lowest BCUT2D eigenvalue weighted by Crippen LogP contribution is -2.38. The number of guanidine groups is 1. The van der Waals surface area contributed by atoms with E-state index in [-0.39, 0.29) is 24.0 Å². The molecule has 0 saturated carbocycles. The van der Waals surface area contributed by atoms with Crippen LogP contribution >= 0.6 is 35.3 Å². The van der Waals surface area contributed by atoms with Gasteiger partial charge < -0.3 is 15.2 Å². The fourth-order valence-electron chi connectivity index (χ4n) is 2.09. The minimum atomic E-state index is 0. The Morgan fingerprint density at radius 1 is 1.38 bits per heavy atom. The zero-order valence-corrected chi connectivity index (χ0v) is 17.8. The lowest BCUT2D eigenvalue weighted by atomic mass is 10.2. The summed E-state index contributed by atoms with van der Waals surface area (Å²) in [6.45, 7) is 8.65. The highest BCUT2D eigenvalue weighted by Crippen LogP contribution is 2.17. The molecule has 7 nitrogen and oxygen atoms in total. The van der Waals surface area contributed by atoms with Gasteiger partial charge in [-0.15, -0.1) is 45.5 Å². The van der Waals surface area contributed by atoms with E-state index in [1.165, 1.54) is 0 Å². The van der Waals surface area contributed by atoms with Crippen molar-refractivity contribution in [1.82, 2.24) is 30.4 Å². The molecule has 0 unspecified atom stereocenters. The Balaban J connectivity index is 0.00000288. The van der Waals surface area contributed by atoms with Crippen molar-refractivity contribution in [3.05, 3.63) is 28.2 Å². The van der Waals surface area contributed by atoms with Crippen LogP contribution in [0, 0.1) is 0 Å². The third kappa shape index (κ3) is 6.00. The minimum Gasteiger partial charge on any atom is -0.355 e. The van der Waals surface area contributed by atoms with Gasteiger partial charge in [-0.1, -0.05) is 20.8 Å². The van der Waals surface area contributed by atoms with Crippen LogP contribution in [0.4, 0.5) is 0 Å². The van der Waals surface area contributed by atoms with E-state index in [1.807, 2.05) is 0 Å². The van der Waals surface area contributed by atoms with Crippen LogP contribution in [-0.2, 0) is 19.5 Å². The van der Waals surface area contributed by atoms with E-state index in [2.05, 4.69) is 61.5 Å². The SMILES string of the molecule is CCc1nncn1CCNC(=NC)NCc1nc(C(C)C)cs1.I. The first-order valence-electron chi connectivity index (χ1n) is 7.89. The molecule has 24 heavy (non-hydrogen) atoms. The maximum Gasteiger partial charge on any atom is 0.191 e. The summed E-state index contributed by atoms with van der Waals surface area (Å²) in [6.07, 6.45) is 2.65. The van der Waals surface area contributed by atoms with Crippen LogP contribution in [0.2, 0.25) is 0 Å². The summed E-state index contributed by atoms with van der Waals surface area (Å²) in [4.78, 5) is 8.85. The van der Waals surface area contributed by atoms with Gasteiger partial charge in [0, 0.05) is 31.9 Å². The quantitative estimate of drug-likeness (QED) is 0.375. The number of nitrogens with one attached hydrogen (secondary N) is 2. The van der Waals surface area contributed by atoms with Crippen molar-refractivity contribution >= 4 is 41.3 Å². The Hall–Kier alpha value is -1.23. The van der Waals surface area contributed by atoms with Gasteiger partial charge in [-0.05, 0) is 5.92 Å². The van der Waals surface area contributed by atoms with Crippen LogP contribution in [0.15, 0.2) is 16.7 Å². The van der Waals surface area contributed by atoms with Gasteiger partial charge in [0.2, 0.25) is 0 Å². The lowest BCUT2D eigenvalue weighted by molar-refractivity contribution is 0.632. The molecule has 0 aliphatic rings. The number of aliphatic imine (C=N–C) groups is 1. The van der Waals surface area contributed by atoms with Gasteiger partial charge in [0.1, 0.15) is 17.2 Å². The van der Waals surface area contributed by atoms with Gasteiger partial charge in [-0.2, -0.15) is 0 Å². The van der Waals surface area contributed by atoms with Crippen molar-refractivity contribution in [1.29, 1.82) is 0 Å². The van der Waals surface area contributed by atoms with Crippen molar-refractivity contribution in [2.75, 3.05) is 13.6 Å². The molecule has 134 valence electrons. The van der Waals surface area contributed by atoms with Crippen molar-refractivity contribution in [2.24, 2.45) is 4.99 Å². The number of halogens is 1. The number of hydrogen-bond donors (Lipinski definition) is 2. The van der Waals surface area contributed by atoms with Gasteiger partial charge in [0.15, 0.2) is 5.96 Å². The minimum absolute atomic E-state index is 0. The summed E-state index contributed by atoms with van der Waals surface area (Å²) >= 11 is 1.68. The summed E-state index contributed by atoms with van der Waals surface area (Å²) in [5.41, 5.74) is 1.15. The molecule has 0 amide bonds. The second kappa shape index (κ2) is 10.6. The van der Waals surface area contributed by atoms with E-state index in [0.717, 1.165) is 42.0 Å². The maximum absolute atomic E-state index is 4.61. The second-order valence-electron chi connectivity index (χ2n) is 5.47. The number of aromatic nitrogens is 4. The lowest BCUT2D eigenvalue weighted by Gasteiger charge is -2.11. The second-order valence-corrected chi connectivity index (χ2v) is 6.41. The summed E-state index contributed by atoms with van der Waals surface area (Å²) in [7, 11) is 1.77. The number of aryl methyl sites for hydroxylation is 1. The van der Waals surface area contributed by atoms with Crippen molar-refractivity contribution < 1.29 is 0 Å². The standard InChI is InChI=1S/C15H25N7S.HI/c1-5-13-21-19-10-22(13)7-6-17-15(16-4)18-8-14-20-12(9-23-14)11(2)3;/h9-11H,5-8H2,1-4H3,(H2,16,17,18);1H. The molecule has 2 rings (SSSR count). The third-order valence-corrected chi connectivity index (χ3v) is 4.32. The van der Waals surface area contributed by atoms with Crippen molar-refractivity contribution in [3.63, 3.8) is 0 Å². The zero-order chi connectivity index (χ0) is 16.7. The summed E-state index contributed by atoms with van der Waals surface area (Å²) in [6, 6.07) is 0. The summed E-state index contributed by atoms with van der Waals surface area (Å²) in [5.74, 6) is 2.24. The molecule has 0 fully saturated rings. The van der Waals surface area contributed by atoms with Crippen LogP contribution in [0.25, 0.3) is 0 Å². The number of nitrogens with zero attached hydrogens (tertiary/aromatic N) is 5. The van der Waals surface area contributed by atoms with E-state index in [9.17, 15) is 0 Å². The van der Waals surface area contributed by atoms with Gasteiger partial charge in [0.05, 0.1) is 12.2 Å². The third-order valence-electron chi connectivity index (χ3n) is 3.45. The van der Waals surface area contributed by atoms with Gasteiger partial charge >= 0.3 is 0 Å². The van der Waals surface area contributed by atoms with Crippen molar-refractivity contribution in [3.8, 4) is 0 Å². The Bertz CT molecular complexity index is 635. The van der Waals surface area contributed by atoms with E-state index < -0.39 is 0 Å². The fourth-order valence-corrected chi connectivity index (χ4v) is 2.98. The van der Waals surface area contributed by atoms with E-state index in [0.29, 0.717) is 12.5 Å². The molecule has 0 aromatic carbocycles. The van der Waals surface area contributed by atoms with E-state index >= 15 is 0 Å². The van der Waals surface area contributed by atoms with Crippen LogP contribution in [0.1, 0.15) is 43.2 Å². The molecular formula is C15H26IN7S. The average Bonchev–Trinajstić information content (AvgIpc) is 3.19. The molecule has 0 atom stereocenters. The molecule has 2 heterocycles. The highest BCUT2D eigenvalue weighted by atomic mass is 127. The first-order valence-corrected chi connectivity index (χ1v) is 8.77. The van der Waals surface area contributed by atoms with Crippen LogP contribution in [0.5, 0.6) is 0 Å². The Morgan fingerprint density at radius 2 is 2.17 bits per heavy atom. The highest BCUT2D eigenvalue weighted by molar-refractivity contribution is 14.0. The van der Waals surface area contributed by atoms with Crippen molar-refractivity contribution in [2.45, 2.75) is 46.2 Å². The average molecular weight is 463 g/mol. The molecule has 0 aliphatic heterocycles. The maximum atomic E-state index is 4.61. The molecule has 0 saturated heterocycles. The molecule has 0 bridgehead atoms. The van der Waals surface area contributed by atoms with Gasteiger partial charge in [-0.3, -0.25) is 4.99 Å².